The zero-order valence-electron chi connectivity index (χ0n) is 10.0. The van der Waals surface area contributed by atoms with Crippen LogP contribution in [0.25, 0.3) is 0 Å². The Kier molecular flexibility index (Phi) is 2.00. The van der Waals surface area contributed by atoms with Gasteiger partial charge in [0.15, 0.2) is 0 Å². The van der Waals surface area contributed by atoms with E-state index in [4.69, 9.17) is 0 Å². The summed E-state index contributed by atoms with van der Waals surface area (Å²) in [4.78, 5) is 0. The van der Waals surface area contributed by atoms with E-state index in [-0.39, 0.29) is 12.5 Å². The van der Waals surface area contributed by atoms with Crippen molar-refractivity contribution in [3.63, 3.8) is 0 Å². The first kappa shape index (κ1) is 10.1. The van der Waals surface area contributed by atoms with E-state index in [0.29, 0.717) is 5.92 Å². The predicted octanol–water partition coefficient (Wildman–Crippen LogP) is 3.20. The average Bonchev–Trinajstić information content (AvgIpc) is 2.47. The van der Waals surface area contributed by atoms with Gasteiger partial charge >= 0.3 is 0 Å². The fourth-order valence-corrected chi connectivity index (χ4v) is 3.48. The first-order valence-electron chi connectivity index (χ1n) is 6.39. The number of hydrogen-bond acceptors (Lipinski definition) is 1. The minimum absolute atomic E-state index is 0.157. The summed E-state index contributed by atoms with van der Waals surface area (Å²) in [5.41, 5.74) is 6.69. The number of benzene rings is 2. The Morgan fingerprint density at radius 3 is 1.78 bits per heavy atom. The molecule has 2 aromatic carbocycles. The van der Waals surface area contributed by atoms with Crippen molar-refractivity contribution < 1.29 is 5.11 Å². The highest BCUT2D eigenvalue weighted by Gasteiger charge is 2.37. The molecule has 0 fully saturated rings. The van der Waals surface area contributed by atoms with Gasteiger partial charge in [0.1, 0.15) is 0 Å². The molecule has 3 aliphatic carbocycles. The highest BCUT2D eigenvalue weighted by Crippen LogP contribution is 2.51. The predicted molar refractivity (Wildman–Crippen MR) is 71.7 cm³/mol. The van der Waals surface area contributed by atoms with Crippen LogP contribution in [0, 0.1) is 0 Å². The molecule has 2 aromatic rings. The lowest BCUT2D eigenvalue weighted by Gasteiger charge is -2.39. The molecule has 88 valence electrons. The Balaban J connectivity index is 2.04. The molecule has 0 heterocycles. The summed E-state index contributed by atoms with van der Waals surface area (Å²) in [7, 11) is 0. The van der Waals surface area contributed by atoms with E-state index in [1.807, 2.05) is 0 Å². The van der Waals surface area contributed by atoms with Gasteiger partial charge in [0, 0.05) is 11.8 Å². The quantitative estimate of drug-likeness (QED) is 0.751. The van der Waals surface area contributed by atoms with Crippen LogP contribution >= 0.6 is 0 Å². The highest BCUT2D eigenvalue weighted by atomic mass is 16.3. The normalized spacial score (nSPS) is 23.3. The van der Waals surface area contributed by atoms with E-state index in [9.17, 15) is 5.11 Å². The summed E-state index contributed by atoms with van der Waals surface area (Å²) < 4.78 is 0. The SMILES string of the molecule is OCC1=CC2c3ccccc3C1c1ccccc12. The van der Waals surface area contributed by atoms with E-state index in [2.05, 4.69) is 54.6 Å². The molecule has 0 spiro atoms. The molecule has 0 unspecified atom stereocenters. The highest BCUT2D eigenvalue weighted by molar-refractivity contribution is 5.62. The van der Waals surface area contributed by atoms with Crippen LogP contribution in [0.1, 0.15) is 34.1 Å². The van der Waals surface area contributed by atoms with Crippen LogP contribution in [0.2, 0.25) is 0 Å². The van der Waals surface area contributed by atoms with Gasteiger partial charge in [-0.1, -0.05) is 54.6 Å². The summed E-state index contributed by atoms with van der Waals surface area (Å²) in [5.74, 6) is 0.581. The first-order valence-corrected chi connectivity index (χ1v) is 6.39. The number of allylic oxidation sites excluding steroid dienone is 1. The molecule has 0 amide bonds. The third-order valence-electron chi connectivity index (χ3n) is 4.22. The second-order valence-corrected chi connectivity index (χ2v) is 5.07. The maximum atomic E-state index is 9.60. The Hall–Kier alpha value is -1.86. The molecule has 2 bridgehead atoms. The van der Waals surface area contributed by atoms with E-state index in [1.54, 1.807) is 0 Å². The lowest BCUT2D eigenvalue weighted by Crippen LogP contribution is -2.25. The van der Waals surface area contributed by atoms with E-state index in [1.165, 1.54) is 22.3 Å². The second-order valence-electron chi connectivity index (χ2n) is 5.07. The molecule has 0 aliphatic heterocycles. The van der Waals surface area contributed by atoms with Crippen molar-refractivity contribution in [1.29, 1.82) is 0 Å². The zero-order chi connectivity index (χ0) is 12.1. The lowest BCUT2D eigenvalue weighted by atomic mass is 9.65. The maximum Gasteiger partial charge on any atom is 0.0651 e. The van der Waals surface area contributed by atoms with Crippen LogP contribution in [0.3, 0.4) is 0 Å². The topological polar surface area (TPSA) is 20.2 Å². The Bertz CT molecular complexity index is 607. The molecule has 0 radical (unpaired) electrons. The summed E-state index contributed by atoms with van der Waals surface area (Å²) >= 11 is 0. The van der Waals surface area contributed by atoms with Crippen LogP contribution in [-0.4, -0.2) is 11.7 Å². The van der Waals surface area contributed by atoms with Gasteiger partial charge in [-0.05, 0) is 27.8 Å². The summed E-state index contributed by atoms with van der Waals surface area (Å²) in [6, 6.07) is 17.2. The van der Waals surface area contributed by atoms with Gasteiger partial charge in [-0.25, -0.2) is 0 Å². The molecule has 0 aromatic heterocycles. The number of rotatable bonds is 1. The number of hydrogen-bond donors (Lipinski definition) is 1. The Morgan fingerprint density at radius 2 is 1.28 bits per heavy atom. The fraction of sp³-hybridized carbons (Fsp3) is 0.176. The average molecular weight is 234 g/mol. The molecular formula is C17H14O. The van der Waals surface area contributed by atoms with Gasteiger partial charge in [-0.3, -0.25) is 0 Å². The van der Waals surface area contributed by atoms with Crippen molar-refractivity contribution in [2.75, 3.05) is 6.61 Å². The molecule has 1 heteroatoms. The summed E-state index contributed by atoms with van der Waals surface area (Å²) in [5, 5.41) is 9.60. The third-order valence-corrected chi connectivity index (χ3v) is 4.22. The van der Waals surface area contributed by atoms with Crippen molar-refractivity contribution >= 4 is 0 Å². The van der Waals surface area contributed by atoms with Crippen molar-refractivity contribution in [3.05, 3.63) is 82.4 Å². The molecule has 1 nitrogen and oxygen atoms in total. The maximum absolute atomic E-state index is 9.60. The number of aliphatic hydroxyl groups excluding tert-OH is 1. The third kappa shape index (κ3) is 1.15. The Morgan fingerprint density at radius 1 is 0.778 bits per heavy atom. The fourth-order valence-electron chi connectivity index (χ4n) is 3.48. The minimum atomic E-state index is 0.157. The van der Waals surface area contributed by atoms with Crippen LogP contribution in [0.4, 0.5) is 0 Å². The first-order chi connectivity index (χ1) is 8.90. The van der Waals surface area contributed by atoms with Gasteiger partial charge in [0.2, 0.25) is 0 Å². The molecule has 5 rings (SSSR count). The van der Waals surface area contributed by atoms with Crippen LogP contribution in [0.5, 0.6) is 0 Å². The van der Waals surface area contributed by atoms with E-state index in [0.717, 1.165) is 5.57 Å². The second kappa shape index (κ2) is 3.56. The monoisotopic (exact) mass is 234 g/mol. The van der Waals surface area contributed by atoms with Gasteiger partial charge in [-0.15, -0.1) is 0 Å². The molecule has 1 N–H and O–H groups in total. The van der Waals surface area contributed by atoms with Crippen molar-refractivity contribution in [1.82, 2.24) is 0 Å². The molecule has 0 atom stereocenters. The van der Waals surface area contributed by atoms with Gasteiger partial charge in [-0.2, -0.15) is 0 Å². The van der Waals surface area contributed by atoms with Crippen molar-refractivity contribution in [2.24, 2.45) is 0 Å². The van der Waals surface area contributed by atoms with Crippen LogP contribution in [0.15, 0.2) is 60.2 Å². The minimum Gasteiger partial charge on any atom is -0.392 e. The van der Waals surface area contributed by atoms with Crippen LogP contribution < -0.4 is 0 Å². The standard InChI is InChI=1S/C17H14O/c18-10-11-9-16-12-5-1-3-7-14(12)17(11)15-8-4-2-6-13(15)16/h1-9,16-18H,10H2. The smallest absolute Gasteiger partial charge is 0.0651 e. The molecule has 0 saturated heterocycles. The van der Waals surface area contributed by atoms with Crippen molar-refractivity contribution in [2.45, 2.75) is 11.8 Å². The van der Waals surface area contributed by atoms with E-state index >= 15 is 0 Å². The van der Waals surface area contributed by atoms with Gasteiger partial charge in [0.25, 0.3) is 0 Å². The lowest BCUT2D eigenvalue weighted by molar-refractivity contribution is 0.322. The number of aliphatic hydroxyl groups is 1. The largest absolute Gasteiger partial charge is 0.392 e. The molecule has 18 heavy (non-hydrogen) atoms. The summed E-state index contributed by atoms with van der Waals surface area (Å²) in [6.07, 6.45) is 2.25. The Labute approximate surface area is 106 Å². The summed E-state index contributed by atoms with van der Waals surface area (Å²) in [6.45, 7) is 0.157. The van der Waals surface area contributed by atoms with Gasteiger partial charge in [0.05, 0.1) is 6.61 Å². The zero-order valence-corrected chi connectivity index (χ0v) is 10.0. The van der Waals surface area contributed by atoms with E-state index < -0.39 is 0 Å². The molecule has 0 saturated carbocycles. The van der Waals surface area contributed by atoms with Gasteiger partial charge < -0.3 is 5.11 Å². The van der Waals surface area contributed by atoms with Crippen LogP contribution in [-0.2, 0) is 0 Å². The van der Waals surface area contributed by atoms with Crippen molar-refractivity contribution in [3.8, 4) is 0 Å². The molecular weight excluding hydrogens is 220 g/mol. The molecule has 3 aliphatic rings.